The number of carbonyl (C=O) groups is 1. The molecule has 0 radical (unpaired) electrons. The molecule has 0 spiro atoms. The van der Waals surface area contributed by atoms with E-state index in [0.717, 1.165) is 20.0 Å². The summed E-state index contributed by atoms with van der Waals surface area (Å²) in [6, 6.07) is 2.56. The summed E-state index contributed by atoms with van der Waals surface area (Å²) in [7, 11) is -3.66. The van der Waals surface area contributed by atoms with E-state index in [4.69, 9.17) is 0 Å². The summed E-state index contributed by atoms with van der Waals surface area (Å²) in [6.45, 7) is 2.25. The second-order valence-corrected chi connectivity index (χ2v) is 10.9. The van der Waals surface area contributed by atoms with Crippen LogP contribution in [0.3, 0.4) is 0 Å². The fourth-order valence-electron chi connectivity index (χ4n) is 2.44. The molecule has 0 aliphatic carbocycles. The van der Waals surface area contributed by atoms with Crippen molar-refractivity contribution in [2.45, 2.75) is 30.0 Å². The average molecular weight is 436 g/mol. The van der Waals surface area contributed by atoms with Gasteiger partial charge in [0.05, 0.1) is 3.79 Å². The summed E-state index contributed by atoms with van der Waals surface area (Å²) in [5.74, 6) is -0.323. The number of nitrogens with zero attached hydrogens (tertiary/aromatic N) is 2. The van der Waals surface area contributed by atoms with Gasteiger partial charge in [-0.05, 0) is 47.8 Å². The molecule has 0 unspecified atom stereocenters. The maximum atomic E-state index is 12.7. The van der Waals surface area contributed by atoms with E-state index < -0.39 is 16.1 Å². The quantitative estimate of drug-likeness (QED) is 0.799. The standard InChI is InChI=1S/C13H14BrN3O3S3/c1-8-7-15-13(21-8)16-12(18)9-3-2-6-17(9)23(19,20)11-5-4-10(14)22-11/h4-5,7,9H,2-3,6H2,1H3,(H,15,16,18)/t9-/m1/s1. The highest BCUT2D eigenvalue weighted by Gasteiger charge is 2.40. The number of carbonyl (C=O) groups excluding carboxylic acids is 1. The van der Waals surface area contributed by atoms with Gasteiger partial charge >= 0.3 is 0 Å². The number of thiophene rings is 1. The van der Waals surface area contributed by atoms with Crippen LogP contribution >= 0.6 is 38.6 Å². The Balaban J connectivity index is 1.81. The molecule has 3 heterocycles. The van der Waals surface area contributed by atoms with Crippen molar-refractivity contribution >= 4 is 59.7 Å². The van der Waals surface area contributed by atoms with E-state index in [1.807, 2.05) is 6.92 Å². The SMILES string of the molecule is Cc1cnc(NC(=O)[C@H]2CCCN2S(=O)(=O)c2ccc(Br)s2)s1. The molecule has 124 valence electrons. The van der Waals surface area contributed by atoms with Gasteiger partial charge in [-0.15, -0.1) is 22.7 Å². The molecule has 23 heavy (non-hydrogen) atoms. The number of amides is 1. The molecule has 3 rings (SSSR count). The third-order valence-corrected chi connectivity index (χ3v) is 8.30. The molecule has 0 aromatic carbocycles. The molecule has 1 atom stereocenters. The van der Waals surface area contributed by atoms with Gasteiger partial charge in [0.25, 0.3) is 10.0 Å². The Morgan fingerprint density at radius 2 is 2.22 bits per heavy atom. The lowest BCUT2D eigenvalue weighted by atomic mass is 10.2. The second-order valence-electron chi connectivity index (χ2n) is 5.10. The van der Waals surface area contributed by atoms with Gasteiger partial charge in [-0.25, -0.2) is 13.4 Å². The van der Waals surface area contributed by atoms with Gasteiger partial charge in [0.15, 0.2) is 5.13 Å². The Labute approximate surface area is 150 Å². The fourth-order valence-corrected chi connectivity index (χ4v) is 6.91. The maximum absolute atomic E-state index is 12.7. The Hall–Kier alpha value is -0.810. The number of aryl methyl sites for hydroxylation is 1. The first-order chi connectivity index (χ1) is 10.9. The van der Waals surface area contributed by atoms with Gasteiger partial charge < -0.3 is 5.32 Å². The number of halogens is 1. The molecule has 1 aliphatic rings. The van der Waals surface area contributed by atoms with Gasteiger partial charge in [0, 0.05) is 17.6 Å². The smallest absolute Gasteiger partial charge is 0.253 e. The fraction of sp³-hybridized carbons (Fsp3) is 0.385. The van der Waals surface area contributed by atoms with Crippen molar-refractivity contribution in [3.8, 4) is 0 Å². The van der Waals surface area contributed by atoms with Crippen molar-refractivity contribution in [2.24, 2.45) is 0 Å². The van der Waals surface area contributed by atoms with Gasteiger partial charge in [-0.3, -0.25) is 4.79 Å². The zero-order chi connectivity index (χ0) is 16.6. The zero-order valence-electron chi connectivity index (χ0n) is 12.2. The molecule has 1 N–H and O–H groups in total. The van der Waals surface area contributed by atoms with E-state index in [2.05, 4.69) is 26.2 Å². The van der Waals surface area contributed by atoms with Gasteiger partial charge in [-0.2, -0.15) is 4.31 Å². The lowest BCUT2D eigenvalue weighted by molar-refractivity contribution is -0.119. The molecule has 1 fully saturated rings. The molecule has 1 amide bonds. The minimum Gasteiger partial charge on any atom is -0.301 e. The molecule has 1 saturated heterocycles. The van der Waals surface area contributed by atoms with E-state index in [1.54, 1.807) is 18.3 Å². The van der Waals surface area contributed by atoms with Gasteiger partial charge in [0.1, 0.15) is 10.3 Å². The second kappa shape index (κ2) is 6.60. The Morgan fingerprint density at radius 1 is 1.43 bits per heavy atom. The number of thiazole rings is 1. The predicted octanol–water partition coefficient (Wildman–Crippen LogP) is 3.07. The highest BCUT2D eigenvalue weighted by molar-refractivity contribution is 9.11. The molecular weight excluding hydrogens is 422 g/mol. The summed E-state index contributed by atoms with van der Waals surface area (Å²) in [4.78, 5) is 17.5. The van der Waals surface area contributed by atoms with Crippen LogP contribution in [0.25, 0.3) is 0 Å². The Bertz CT molecular complexity index is 830. The molecule has 2 aromatic rings. The van der Waals surface area contributed by atoms with Crippen molar-refractivity contribution in [1.82, 2.24) is 9.29 Å². The lowest BCUT2D eigenvalue weighted by Crippen LogP contribution is -2.42. The number of anilines is 1. The average Bonchev–Trinajstić information content (AvgIpc) is 3.19. The first-order valence-corrected chi connectivity index (χ1v) is 10.7. The lowest BCUT2D eigenvalue weighted by Gasteiger charge is -2.22. The summed E-state index contributed by atoms with van der Waals surface area (Å²) in [5, 5.41) is 3.22. The van der Waals surface area contributed by atoms with Crippen LogP contribution in [0.2, 0.25) is 0 Å². The van der Waals surface area contributed by atoms with Crippen molar-refractivity contribution in [2.75, 3.05) is 11.9 Å². The maximum Gasteiger partial charge on any atom is 0.253 e. The normalized spacial score (nSPS) is 19.1. The van der Waals surface area contributed by atoms with Crippen LogP contribution in [0, 0.1) is 6.92 Å². The molecule has 2 aromatic heterocycles. The summed E-state index contributed by atoms with van der Waals surface area (Å²) in [6.07, 6.45) is 2.86. The van der Waals surface area contributed by atoms with Gasteiger partial charge in [-0.1, -0.05) is 0 Å². The number of aromatic nitrogens is 1. The topological polar surface area (TPSA) is 79.4 Å². The predicted molar refractivity (Wildman–Crippen MR) is 94.4 cm³/mol. The van der Waals surface area contributed by atoms with E-state index in [0.29, 0.717) is 24.5 Å². The van der Waals surface area contributed by atoms with E-state index >= 15 is 0 Å². The number of sulfonamides is 1. The first-order valence-electron chi connectivity index (χ1n) is 6.88. The van der Waals surface area contributed by atoms with Crippen LogP contribution in [0.15, 0.2) is 26.3 Å². The number of hydrogen-bond acceptors (Lipinski definition) is 6. The van der Waals surface area contributed by atoms with Gasteiger partial charge in [0.2, 0.25) is 5.91 Å². The monoisotopic (exact) mass is 435 g/mol. The highest BCUT2D eigenvalue weighted by Crippen LogP contribution is 2.32. The van der Waals surface area contributed by atoms with Crippen molar-refractivity contribution in [3.63, 3.8) is 0 Å². The molecule has 1 aliphatic heterocycles. The minimum absolute atomic E-state index is 0.245. The zero-order valence-corrected chi connectivity index (χ0v) is 16.2. The summed E-state index contributed by atoms with van der Waals surface area (Å²) in [5.41, 5.74) is 0. The van der Waals surface area contributed by atoms with Crippen LogP contribution in [-0.2, 0) is 14.8 Å². The van der Waals surface area contributed by atoms with Crippen LogP contribution in [0.4, 0.5) is 5.13 Å². The van der Waals surface area contributed by atoms with Crippen LogP contribution in [-0.4, -0.2) is 36.2 Å². The number of rotatable bonds is 4. The largest absolute Gasteiger partial charge is 0.301 e. The van der Waals surface area contributed by atoms with Crippen molar-refractivity contribution < 1.29 is 13.2 Å². The molecule has 0 saturated carbocycles. The van der Waals surface area contributed by atoms with Crippen LogP contribution in [0.5, 0.6) is 0 Å². The third kappa shape index (κ3) is 3.50. The molecule has 10 heteroatoms. The van der Waals surface area contributed by atoms with E-state index in [-0.39, 0.29) is 10.1 Å². The highest BCUT2D eigenvalue weighted by atomic mass is 79.9. The van der Waals surface area contributed by atoms with Crippen LogP contribution < -0.4 is 5.32 Å². The Morgan fingerprint density at radius 3 is 2.83 bits per heavy atom. The van der Waals surface area contributed by atoms with E-state index in [9.17, 15) is 13.2 Å². The van der Waals surface area contributed by atoms with Crippen LogP contribution in [0.1, 0.15) is 17.7 Å². The number of nitrogens with one attached hydrogen (secondary N) is 1. The molecular formula is C13H14BrN3O3S3. The summed E-state index contributed by atoms with van der Waals surface area (Å²) >= 11 is 5.79. The first kappa shape index (κ1) is 17.0. The van der Waals surface area contributed by atoms with Crippen molar-refractivity contribution in [3.05, 3.63) is 27.0 Å². The van der Waals surface area contributed by atoms with Crippen molar-refractivity contribution in [1.29, 1.82) is 0 Å². The molecule has 6 nitrogen and oxygen atoms in total. The summed E-state index contributed by atoms with van der Waals surface area (Å²) < 4.78 is 27.8. The van der Waals surface area contributed by atoms with E-state index in [1.165, 1.54) is 15.6 Å². The third-order valence-electron chi connectivity index (χ3n) is 3.47. The molecule has 0 bridgehead atoms. The minimum atomic E-state index is -3.66. The number of hydrogen-bond donors (Lipinski definition) is 1. The Kier molecular flexibility index (Phi) is 4.88.